The lowest BCUT2D eigenvalue weighted by Crippen LogP contribution is -2.09. The number of carbonyl (C=O) groups excluding carboxylic acids is 1. The Balaban J connectivity index is 2.14. The molecule has 1 aromatic carbocycles. The van der Waals surface area contributed by atoms with Gasteiger partial charge in [-0.2, -0.15) is 5.10 Å². The summed E-state index contributed by atoms with van der Waals surface area (Å²) >= 11 is 0. The number of ether oxygens (including phenoxy) is 1. The van der Waals surface area contributed by atoms with Gasteiger partial charge in [0.15, 0.2) is 0 Å². The van der Waals surface area contributed by atoms with Gasteiger partial charge in [-0.15, -0.1) is 0 Å². The Bertz CT molecular complexity index is 780. The Kier molecular flexibility index (Phi) is 4.75. The van der Waals surface area contributed by atoms with Crippen LogP contribution in [0.4, 0.5) is 11.4 Å². The first kappa shape index (κ1) is 16.2. The van der Waals surface area contributed by atoms with Crippen molar-refractivity contribution in [2.24, 2.45) is 7.05 Å². The van der Waals surface area contributed by atoms with Gasteiger partial charge in [0.1, 0.15) is 5.69 Å². The van der Waals surface area contributed by atoms with E-state index in [1.54, 1.807) is 26.1 Å². The van der Waals surface area contributed by atoms with Crippen LogP contribution in [0.15, 0.2) is 30.3 Å². The van der Waals surface area contributed by atoms with E-state index in [2.05, 4.69) is 10.4 Å². The van der Waals surface area contributed by atoms with Gasteiger partial charge in [-0.3, -0.25) is 14.9 Å². The van der Waals surface area contributed by atoms with Gasteiger partial charge in [0.25, 0.3) is 5.69 Å². The number of rotatable bonds is 5. The molecule has 1 amide bonds. The Morgan fingerprint density at radius 2 is 2.22 bits per heavy atom. The zero-order valence-electron chi connectivity index (χ0n) is 12.9. The first-order valence-corrected chi connectivity index (χ1v) is 6.73. The normalized spacial score (nSPS) is 10.7. The lowest BCUT2D eigenvalue weighted by Gasteiger charge is -2.05. The van der Waals surface area contributed by atoms with Crippen molar-refractivity contribution in [3.63, 3.8) is 0 Å². The predicted octanol–water partition coefficient (Wildman–Crippen LogP) is 2.30. The quantitative estimate of drug-likeness (QED) is 0.518. The van der Waals surface area contributed by atoms with E-state index in [4.69, 9.17) is 4.74 Å². The molecular formula is C15H16N4O4. The minimum absolute atomic E-state index is 0.0302. The van der Waals surface area contributed by atoms with Gasteiger partial charge in [0, 0.05) is 25.3 Å². The summed E-state index contributed by atoms with van der Waals surface area (Å²) in [5.74, 6) is 0.0607. The van der Waals surface area contributed by atoms with Crippen LogP contribution in [0.3, 0.4) is 0 Å². The predicted molar refractivity (Wildman–Crippen MR) is 85.3 cm³/mol. The van der Waals surface area contributed by atoms with Crippen molar-refractivity contribution < 1.29 is 14.5 Å². The summed E-state index contributed by atoms with van der Waals surface area (Å²) < 4.78 is 6.71. The average molecular weight is 316 g/mol. The number of benzene rings is 1. The molecule has 2 rings (SSSR count). The highest BCUT2D eigenvalue weighted by molar-refractivity contribution is 6.03. The van der Waals surface area contributed by atoms with E-state index >= 15 is 0 Å². The molecule has 0 saturated heterocycles. The number of anilines is 1. The molecule has 1 aromatic heterocycles. The van der Waals surface area contributed by atoms with E-state index < -0.39 is 4.92 Å². The topological polar surface area (TPSA) is 99.3 Å². The van der Waals surface area contributed by atoms with Gasteiger partial charge < -0.3 is 10.1 Å². The third-order valence-electron chi connectivity index (χ3n) is 3.12. The summed E-state index contributed by atoms with van der Waals surface area (Å²) in [4.78, 5) is 22.2. The molecule has 2 aromatic rings. The number of aromatic nitrogens is 2. The van der Waals surface area contributed by atoms with Crippen molar-refractivity contribution in [2.45, 2.75) is 6.92 Å². The molecule has 23 heavy (non-hydrogen) atoms. The number of amides is 1. The van der Waals surface area contributed by atoms with Crippen LogP contribution in [0.25, 0.3) is 6.08 Å². The van der Waals surface area contributed by atoms with E-state index in [-0.39, 0.29) is 11.6 Å². The van der Waals surface area contributed by atoms with Gasteiger partial charge in [-0.25, -0.2) is 4.68 Å². The molecule has 8 nitrogen and oxygen atoms in total. The Hall–Kier alpha value is -3.16. The summed E-state index contributed by atoms with van der Waals surface area (Å²) in [7, 11) is 3.20. The highest BCUT2D eigenvalue weighted by atomic mass is 16.6. The van der Waals surface area contributed by atoms with E-state index in [0.29, 0.717) is 22.8 Å². The molecule has 0 radical (unpaired) electrons. The Labute approximate surface area is 132 Å². The highest BCUT2D eigenvalue weighted by Crippen LogP contribution is 2.26. The molecule has 0 bridgehead atoms. The number of carbonyl (C=O) groups is 1. The second kappa shape index (κ2) is 6.73. The molecule has 0 saturated carbocycles. The SMILES string of the molecule is COc1c(NC(=O)/C=C/c2cccc([N+](=O)[O-])c2)c(C)nn1C. The summed E-state index contributed by atoms with van der Waals surface area (Å²) in [5, 5.41) is 17.6. The van der Waals surface area contributed by atoms with Gasteiger partial charge >= 0.3 is 0 Å². The summed E-state index contributed by atoms with van der Waals surface area (Å²) in [6, 6.07) is 6.01. The maximum atomic E-state index is 12.0. The number of nitro groups is 1. The average Bonchev–Trinajstić information content (AvgIpc) is 2.78. The fourth-order valence-electron chi connectivity index (χ4n) is 2.09. The molecule has 120 valence electrons. The van der Waals surface area contributed by atoms with Crippen LogP contribution in [0, 0.1) is 17.0 Å². The number of aryl methyl sites for hydroxylation is 2. The molecule has 0 atom stereocenters. The lowest BCUT2D eigenvalue weighted by molar-refractivity contribution is -0.384. The summed E-state index contributed by atoms with van der Waals surface area (Å²) in [5.41, 5.74) is 1.65. The van der Waals surface area contributed by atoms with Crippen LogP contribution in [0.5, 0.6) is 5.88 Å². The van der Waals surface area contributed by atoms with Crippen molar-refractivity contribution >= 4 is 23.4 Å². The van der Waals surface area contributed by atoms with Gasteiger partial charge in [-0.1, -0.05) is 12.1 Å². The van der Waals surface area contributed by atoms with Crippen LogP contribution in [-0.2, 0) is 11.8 Å². The first-order chi connectivity index (χ1) is 10.9. The Morgan fingerprint density at radius 1 is 1.48 bits per heavy atom. The smallest absolute Gasteiger partial charge is 0.270 e. The van der Waals surface area contributed by atoms with Gasteiger partial charge in [-0.05, 0) is 18.6 Å². The van der Waals surface area contributed by atoms with E-state index in [9.17, 15) is 14.9 Å². The van der Waals surface area contributed by atoms with Crippen LogP contribution < -0.4 is 10.1 Å². The summed E-state index contributed by atoms with van der Waals surface area (Å²) in [6.07, 6.45) is 2.80. The van der Waals surface area contributed by atoms with Gasteiger partial charge in [0.05, 0.1) is 17.7 Å². The van der Waals surface area contributed by atoms with Crippen molar-refractivity contribution in [3.8, 4) is 5.88 Å². The minimum atomic E-state index is -0.485. The molecule has 0 spiro atoms. The molecule has 0 aliphatic carbocycles. The Morgan fingerprint density at radius 3 is 2.87 bits per heavy atom. The van der Waals surface area contributed by atoms with Gasteiger partial charge in [0.2, 0.25) is 11.8 Å². The second-order valence-corrected chi connectivity index (χ2v) is 4.77. The number of nitrogens with zero attached hydrogens (tertiary/aromatic N) is 3. The van der Waals surface area contributed by atoms with E-state index in [0.717, 1.165) is 0 Å². The number of hydrogen-bond donors (Lipinski definition) is 1. The number of methoxy groups -OCH3 is 1. The molecular weight excluding hydrogens is 300 g/mol. The maximum Gasteiger partial charge on any atom is 0.270 e. The van der Waals surface area contributed by atoms with Crippen molar-refractivity contribution in [1.29, 1.82) is 0 Å². The fraction of sp³-hybridized carbons (Fsp3) is 0.200. The first-order valence-electron chi connectivity index (χ1n) is 6.73. The van der Waals surface area contributed by atoms with E-state index in [1.165, 1.54) is 36.1 Å². The zero-order valence-corrected chi connectivity index (χ0v) is 12.9. The molecule has 8 heteroatoms. The third-order valence-corrected chi connectivity index (χ3v) is 3.12. The molecule has 0 aliphatic heterocycles. The van der Waals surface area contributed by atoms with Crippen LogP contribution in [0.1, 0.15) is 11.3 Å². The number of non-ortho nitro benzene ring substituents is 1. The third kappa shape index (κ3) is 3.73. The largest absolute Gasteiger partial charge is 0.480 e. The molecule has 0 fully saturated rings. The molecule has 0 aliphatic rings. The van der Waals surface area contributed by atoms with Crippen molar-refractivity contribution in [1.82, 2.24) is 9.78 Å². The van der Waals surface area contributed by atoms with Crippen LogP contribution >= 0.6 is 0 Å². The number of nitro benzene ring substituents is 1. The summed E-state index contributed by atoms with van der Waals surface area (Å²) in [6.45, 7) is 1.75. The fourth-order valence-corrected chi connectivity index (χ4v) is 2.09. The molecule has 0 unspecified atom stereocenters. The van der Waals surface area contributed by atoms with Crippen LogP contribution in [0.2, 0.25) is 0 Å². The lowest BCUT2D eigenvalue weighted by atomic mass is 10.2. The minimum Gasteiger partial charge on any atom is -0.480 e. The molecule has 1 N–H and O–H groups in total. The van der Waals surface area contributed by atoms with E-state index in [1.807, 2.05) is 0 Å². The monoisotopic (exact) mass is 316 g/mol. The number of nitrogens with one attached hydrogen (secondary N) is 1. The molecule has 1 heterocycles. The van der Waals surface area contributed by atoms with Crippen molar-refractivity contribution in [3.05, 3.63) is 51.7 Å². The zero-order chi connectivity index (χ0) is 17.0. The number of hydrogen-bond acceptors (Lipinski definition) is 5. The standard InChI is InChI=1S/C15H16N4O4/c1-10-14(15(23-3)18(2)17-10)16-13(20)8-7-11-5-4-6-12(9-11)19(21)22/h4-9H,1-3H3,(H,16,20)/b8-7+. The highest BCUT2D eigenvalue weighted by Gasteiger charge is 2.15. The van der Waals surface area contributed by atoms with Crippen molar-refractivity contribution in [2.75, 3.05) is 12.4 Å². The van der Waals surface area contributed by atoms with Crippen LogP contribution in [-0.4, -0.2) is 27.7 Å². The maximum absolute atomic E-state index is 12.0. The second-order valence-electron chi connectivity index (χ2n) is 4.77.